The zero-order valence-corrected chi connectivity index (χ0v) is 15.2. The van der Waals surface area contributed by atoms with E-state index in [1.807, 2.05) is 0 Å². The first-order valence-electron chi connectivity index (χ1n) is 9.78. The van der Waals surface area contributed by atoms with Crippen LogP contribution in [-0.2, 0) is 0 Å². The number of hydrogen-bond donors (Lipinski definition) is 1. The highest BCUT2D eigenvalue weighted by Crippen LogP contribution is 2.28. The second kappa shape index (κ2) is 7.24. The third-order valence-electron chi connectivity index (χ3n) is 6.38. The first-order valence-corrected chi connectivity index (χ1v) is 9.78. The molecule has 4 rings (SSSR count). The van der Waals surface area contributed by atoms with Crippen LogP contribution in [0.2, 0.25) is 0 Å². The summed E-state index contributed by atoms with van der Waals surface area (Å²) in [5.74, 6) is 0. The van der Waals surface area contributed by atoms with Gasteiger partial charge in [-0.2, -0.15) is 0 Å². The Bertz CT molecular complexity index is 585. The number of amides is 2. The first kappa shape index (κ1) is 16.7. The lowest BCUT2D eigenvalue weighted by molar-refractivity contribution is 0.182. The minimum absolute atomic E-state index is 0.152. The molecule has 3 saturated heterocycles. The Kier molecular flexibility index (Phi) is 4.84. The zero-order valence-electron chi connectivity index (χ0n) is 15.2. The van der Waals surface area contributed by atoms with Crippen LogP contribution in [0.25, 0.3) is 0 Å². The molecular weight excluding hydrogens is 312 g/mol. The molecule has 1 N–H and O–H groups in total. The number of para-hydroxylation sites is 1. The molecule has 0 radical (unpaired) electrons. The highest BCUT2D eigenvalue weighted by molar-refractivity contribution is 5.74. The predicted octanol–water partition coefficient (Wildman–Crippen LogP) is 2.53. The second-order valence-corrected chi connectivity index (χ2v) is 7.83. The molecule has 0 saturated carbocycles. The standard InChI is InChI=1S/C20H30N4O/c1-22-17-7-8-19(22)15-24(14-11-17)20(25)21-16-9-12-23(13-10-16)18-5-3-2-4-6-18/h2-6,16-17,19H,7-15H2,1H3,(H,21,25). The van der Waals surface area contributed by atoms with Crippen molar-refractivity contribution in [3.8, 4) is 0 Å². The topological polar surface area (TPSA) is 38.8 Å². The molecule has 1 aromatic rings. The Morgan fingerprint density at radius 2 is 1.68 bits per heavy atom. The van der Waals surface area contributed by atoms with Crippen molar-refractivity contribution in [1.29, 1.82) is 0 Å². The molecule has 2 unspecified atom stereocenters. The van der Waals surface area contributed by atoms with Gasteiger partial charge in [-0.3, -0.25) is 4.90 Å². The number of benzene rings is 1. The van der Waals surface area contributed by atoms with Crippen LogP contribution in [0.15, 0.2) is 30.3 Å². The normalized spacial score (nSPS) is 28.0. The number of likely N-dealkylation sites (tertiary alicyclic amines) is 1. The predicted molar refractivity (Wildman–Crippen MR) is 101 cm³/mol. The molecule has 25 heavy (non-hydrogen) atoms. The molecular formula is C20H30N4O. The Hall–Kier alpha value is -1.75. The van der Waals surface area contributed by atoms with Crippen LogP contribution in [0.1, 0.15) is 32.1 Å². The van der Waals surface area contributed by atoms with E-state index in [9.17, 15) is 4.79 Å². The number of piperidine rings is 1. The van der Waals surface area contributed by atoms with Crippen LogP contribution in [0, 0.1) is 0 Å². The number of nitrogens with one attached hydrogen (secondary N) is 1. The van der Waals surface area contributed by atoms with Crippen molar-refractivity contribution in [2.75, 3.05) is 38.1 Å². The number of carbonyl (C=O) groups is 1. The van der Waals surface area contributed by atoms with Crippen molar-refractivity contribution in [3.05, 3.63) is 30.3 Å². The number of anilines is 1. The molecule has 2 atom stereocenters. The fraction of sp³-hybridized carbons (Fsp3) is 0.650. The van der Waals surface area contributed by atoms with Gasteiger partial charge in [0.15, 0.2) is 0 Å². The summed E-state index contributed by atoms with van der Waals surface area (Å²) < 4.78 is 0. The quantitative estimate of drug-likeness (QED) is 0.898. The molecule has 2 amide bonds. The number of fused-ring (bicyclic) bond motifs is 2. The lowest BCUT2D eigenvalue weighted by Crippen LogP contribution is -2.51. The summed E-state index contributed by atoms with van der Waals surface area (Å²) in [6, 6.07) is 12.3. The molecule has 0 aromatic heterocycles. The van der Waals surface area contributed by atoms with Crippen LogP contribution in [0.3, 0.4) is 0 Å². The first-order chi connectivity index (χ1) is 12.2. The average Bonchev–Trinajstić information content (AvgIpc) is 2.88. The average molecular weight is 342 g/mol. The maximum absolute atomic E-state index is 12.7. The second-order valence-electron chi connectivity index (χ2n) is 7.83. The number of hydrogen-bond acceptors (Lipinski definition) is 3. The van der Waals surface area contributed by atoms with E-state index < -0.39 is 0 Å². The number of urea groups is 1. The van der Waals surface area contributed by atoms with E-state index in [0.717, 1.165) is 45.4 Å². The summed E-state index contributed by atoms with van der Waals surface area (Å²) in [6.07, 6.45) is 5.71. The van der Waals surface area contributed by atoms with Gasteiger partial charge in [-0.1, -0.05) is 18.2 Å². The monoisotopic (exact) mass is 342 g/mol. The summed E-state index contributed by atoms with van der Waals surface area (Å²) in [4.78, 5) is 19.7. The molecule has 5 heteroatoms. The number of likely N-dealkylation sites (N-methyl/N-ethyl adjacent to an activating group) is 1. The van der Waals surface area contributed by atoms with Crippen LogP contribution in [-0.4, -0.2) is 67.2 Å². The van der Waals surface area contributed by atoms with Crippen LogP contribution < -0.4 is 10.2 Å². The molecule has 3 aliphatic heterocycles. The minimum atomic E-state index is 0.152. The van der Waals surface area contributed by atoms with Gasteiger partial charge >= 0.3 is 6.03 Å². The summed E-state index contributed by atoms with van der Waals surface area (Å²) in [5.41, 5.74) is 1.29. The third kappa shape index (κ3) is 3.61. The summed E-state index contributed by atoms with van der Waals surface area (Å²) in [7, 11) is 2.23. The minimum Gasteiger partial charge on any atom is -0.371 e. The van der Waals surface area contributed by atoms with Crippen LogP contribution >= 0.6 is 0 Å². The lowest BCUT2D eigenvalue weighted by Gasteiger charge is -2.35. The lowest BCUT2D eigenvalue weighted by atomic mass is 10.0. The molecule has 136 valence electrons. The van der Waals surface area contributed by atoms with Crippen LogP contribution in [0.4, 0.5) is 10.5 Å². The Morgan fingerprint density at radius 3 is 2.44 bits per heavy atom. The van der Waals surface area contributed by atoms with Gasteiger partial charge in [0.25, 0.3) is 0 Å². The van der Waals surface area contributed by atoms with Gasteiger partial charge in [0.2, 0.25) is 0 Å². The highest BCUT2D eigenvalue weighted by atomic mass is 16.2. The fourth-order valence-electron chi connectivity index (χ4n) is 4.68. The van der Waals surface area contributed by atoms with Gasteiger partial charge in [-0.15, -0.1) is 0 Å². The molecule has 0 aliphatic carbocycles. The van der Waals surface area contributed by atoms with Crippen molar-refractivity contribution in [2.24, 2.45) is 0 Å². The van der Waals surface area contributed by atoms with E-state index >= 15 is 0 Å². The SMILES string of the molecule is CN1C2CCC1CN(C(=O)NC1CCN(c3ccccc3)CC1)CC2. The van der Waals surface area contributed by atoms with E-state index in [0.29, 0.717) is 18.1 Å². The Balaban J connectivity index is 1.28. The van der Waals surface area contributed by atoms with Crippen molar-refractivity contribution in [2.45, 2.75) is 50.2 Å². The van der Waals surface area contributed by atoms with E-state index in [1.54, 1.807) is 0 Å². The maximum Gasteiger partial charge on any atom is 0.317 e. The Labute approximate surface area is 151 Å². The fourth-order valence-corrected chi connectivity index (χ4v) is 4.68. The van der Waals surface area contributed by atoms with Gasteiger partial charge in [0.1, 0.15) is 0 Å². The van der Waals surface area contributed by atoms with E-state index in [2.05, 4.69) is 57.4 Å². The molecule has 0 spiro atoms. The molecule has 1 aromatic carbocycles. The highest BCUT2D eigenvalue weighted by Gasteiger charge is 2.36. The maximum atomic E-state index is 12.7. The van der Waals surface area contributed by atoms with Crippen LogP contribution in [0.5, 0.6) is 0 Å². The van der Waals surface area contributed by atoms with Gasteiger partial charge in [0, 0.05) is 50.0 Å². The smallest absolute Gasteiger partial charge is 0.317 e. The van der Waals surface area contributed by atoms with Gasteiger partial charge in [0.05, 0.1) is 0 Å². The van der Waals surface area contributed by atoms with Crippen molar-refractivity contribution in [1.82, 2.24) is 15.1 Å². The third-order valence-corrected chi connectivity index (χ3v) is 6.38. The number of carbonyl (C=O) groups excluding carboxylic acids is 1. The zero-order chi connectivity index (χ0) is 17.2. The molecule has 3 heterocycles. The number of nitrogens with zero attached hydrogens (tertiary/aromatic N) is 3. The molecule has 2 bridgehead atoms. The molecule has 3 aliphatic rings. The van der Waals surface area contributed by atoms with Crippen molar-refractivity contribution < 1.29 is 4.79 Å². The van der Waals surface area contributed by atoms with Crippen molar-refractivity contribution >= 4 is 11.7 Å². The van der Waals surface area contributed by atoms with Crippen molar-refractivity contribution in [3.63, 3.8) is 0 Å². The molecule has 5 nitrogen and oxygen atoms in total. The summed E-state index contributed by atoms with van der Waals surface area (Å²) in [6.45, 7) is 3.83. The Morgan fingerprint density at radius 1 is 0.960 bits per heavy atom. The van der Waals surface area contributed by atoms with Gasteiger partial charge < -0.3 is 15.1 Å². The van der Waals surface area contributed by atoms with E-state index in [1.165, 1.54) is 18.5 Å². The molecule has 3 fully saturated rings. The summed E-state index contributed by atoms with van der Waals surface area (Å²) >= 11 is 0. The largest absolute Gasteiger partial charge is 0.371 e. The van der Waals surface area contributed by atoms with E-state index in [4.69, 9.17) is 0 Å². The summed E-state index contributed by atoms with van der Waals surface area (Å²) in [5, 5.41) is 3.30. The number of rotatable bonds is 2. The van der Waals surface area contributed by atoms with E-state index in [-0.39, 0.29) is 6.03 Å². The van der Waals surface area contributed by atoms with Gasteiger partial charge in [-0.05, 0) is 51.3 Å². The van der Waals surface area contributed by atoms with Gasteiger partial charge in [-0.25, -0.2) is 4.79 Å².